The van der Waals surface area contributed by atoms with Crippen molar-refractivity contribution in [1.82, 2.24) is 5.32 Å². The van der Waals surface area contributed by atoms with Crippen LogP contribution in [0.3, 0.4) is 0 Å². The number of ether oxygens (including phenoxy) is 1. The van der Waals surface area contributed by atoms with E-state index in [2.05, 4.69) is 5.32 Å². The molecule has 1 fully saturated rings. The SMILES string of the molecule is O=C(Oc1ccccc1Cl)C1CCNCC1. The monoisotopic (exact) mass is 239 g/mol. The molecule has 0 radical (unpaired) electrons. The highest BCUT2D eigenvalue weighted by Crippen LogP contribution is 2.25. The lowest BCUT2D eigenvalue weighted by molar-refractivity contribution is -0.139. The topological polar surface area (TPSA) is 38.3 Å². The van der Waals surface area contributed by atoms with Crippen LogP contribution in [0, 0.1) is 5.92 Å². The van der Waals surface area contributed by atoms with Gasteiger partial charge in [-0.25, -0.2) is 0 Å². The molecule has 1 heterocycles. The van der Waals surface area contributed by atoms with Gasteiger partial charge in [-0.3, -0.25) is 4.79 Å². The Labute approximate surface area is 99.7 Å². The van der Waals surface area contributed by atoms with E-state index in [0.29, 0.717) is 10.8 Å². The van der Waals surface area contributed by atoms with Crippen molar-refractivity contribution >= 4 is 17.6 Å². The largest absolute Gasteiger partial charge is 0.425 e. The third-order valence-electron chi connectivity index (χ3n) is 2.72. The molecule has 0 atom stereocenters. The second-order valence-corrected chi connectivity index (χ2v) is 4.28. The molecule has 0 spiro atoms. The van der Waals surface area contributed by atoms with Crippen molar-refractivity contribution in [2.45, 2.75) is 12.8 Å². The fourth-order valence-electron chi connectivity index (χ4n) is 1.78. The van der Waals surface area contributed by atoms with Gasteiger partial charge in [-0.1, -0.05) is 23.7 Å². The second kappa shape index (κ2) is 5.32. The average molecular weight is 240 g/mol. The summed E-state index contributed by atoms with van der Waals surface area (Å²) in [6, 6.07) is 7.04. The molecule has 1 aromatic carbocycles. The minimum absolute atomic E-state index is 0.00229. The molecule has 0 amide bonds. The van der Waals surface area contributed by atoms with Gasteiger partial charge in [-0.15, -0.1) is 0 Å². The van der Waals surface area contributed by atoms with Gasteiger partial charge in [0.2, 0.25) is 0 Å². The van der Waals surface area contributed by atoms with Crippen molar-refractivity contribution in [2.24, 2.45) is 5.92 Å². The molecule has 2 rings (SSSR count). The molecule has 86 valence electrons. The van der Waals surface area contributed by atoms with Crippen LogP contribution in [0.25, 0.3) is 0 Å². The van der Waals surface area contributed by atoms with E-state index in [9.17, 15) is 4.79 Å². The standard InChI is InChI=1S/C12H14ClNO2/c13-10-3-1-2-4-11(10)16-12(15)9-5-7-14-8-6-9/h1-4,9,14H,5-8H2. The Morgan fingerprint density at radius 3 is 2.69 bits per heavy atom. The molecule has 0 unspecified atom stereocenters. The van der Waals surface area contributed by atoms with Crippen LogP contribution in [0.1, 0.15) is 12.8 Å². The van der Waals surface area contributed by atoms with Gasteiger partial charge < -0.3 is 10.1 Å². The van der Waals surface area contributed by atoms with Gasteiger partial charge in [-0.2, -0.15) is 0 Å². The number of halogens is 1. The van der Waals surface area contributed by atoms with E-state index in [0.717, 1.165) is 25.9 Å². The number of hydrogen-bond acceptors (Lipinski definition) is 3. The van der Waals surface area contributed by atoms with Gasteiger partial charge in [0.05, 0.1) is 10.9 Å². The molecule has 0 aromatic heterocycles. The first-order chi connectivity index (χ1) is 7.77. The van der Waals surface area contributed by atoms with Gasteiger partial charge >= 0.3 is 5.97 Å². The van der Waals surface area contributed by atoms with Gasteiger partial charge in [0.15, 0.2) is 0 Å². The van der Waals surface area contributed by atoms with Crippen molar-refractivity contribution < 1.29 is 9.53 Å². The highest BCUT2D eigenvalue weighted by atomic mass is 35.5. The Morgan fingerprint density at radius 2 is 2.00 bits per heavy atom. The van der Waals surface area contributed by atoms with Crippen LogP contribution in [0.4, 0.5) is 0 Å². The minimum atomic E-state index is -0.172. The number of carbonyl (C=O) groups excluding carboxylic acids is 1. The van der Waals surface area contributed by atoms with Crippen LogP contribution < -0.4 is 10.1 Å². The normalized spacial score (nSPS) is 17.1. The molecular formula is C12H14ClNO2. The smallest absolute Gasteiger partial charge is 0.314 e. The number of esters is 1. The van der Waals surface area contributed by atoms with Gasteiger partial charge in [0.1, 0.15) is 5.75 Å². The van der Waals surface area contributed by atoms with E-state index >= 15 is 0 Å². The molecule has 3 nitrogen and oxygen atoms in total. The first kappa shape index (κ1) is 11.4. The second-order valence-electron chi connectivity index (χ2n) is 3.88. The van der Waals surface area contributed by atoms with Gasteiger partial charge in [0.25, 0.3) is 0 Å². The number of para-hydroxylation sites is 1. The maximum Gasteiger partial charge on any atom is 0.314 e. The Bertz CT molecular complexity index is 375. The van der Waals surface area contributed by atoms with Crippen LogP contribution in [0.15, 0.2) is 24.3 Å². The molecule has 0 aliphatic carbocycles. The highest BCUT2D eigenvalue weighted by molar-refractivity contribution is 6.32. The lowest BCUT2D eigenvalue weighted by atomic mass is 9.98. The van der Waals surface area contributed by atoms with E-state index in [1.807, 2.05) is 6.07 Å². The van der Waals surface area contributed by atoms with Crippen molar-refractivity contribution in [2.75, 3.05) is 13.1 Å². The predicted molar refractivity (Wildman–Crippen MR) is 62.7 cm³/mol. The van der Waals surface area contributed by atoms with E-state index in [4.69, 9.17) is 16.3 Å². The first-order valence-electron chi connectivity index (χ1n) is 5.44. The van der Waals surface area contributed by atoms with Crippen LogP contribution >= 0.6 is 11.6 Å². The molecular weight excluding hydrogens is 226 g/mol. The summed E-state index contributed by atoms with van der Waals surface area (Å²) >= 11 is 5.92. The molecule has 1 aliphatic rings. The average Bonchev–Trinajstić information content (AvgIpc) is 2.33. The Morgan fingerprint density at radius 1 is 1.31 bits per heavy atom. The molecule has 1 N–H and O–H groups in total. The zero-order valence-corrected chi connectivity index (χ0v) is 9.67. The molecule has 1 aliphatic heterocycles. The highest BCUT2D eigenvalue weighted by Gasteiger charge is 2.23. The summed E-state index contributed by atoms with van der Waals surface area (Å²) in [4.78, 5) is 11.8. The number of rotatable bonds is 2. The third kappa shape index (κ3) is 2.74. The van der Waals surface area contributed by atoms with E-state index in [1.165, 1.54) is 0 Å². The molecule has 1 saturated heterocycles. The van der Waals surface area contributed by atoms with Crippen molar-refractivity contribution in [3.8, 4) is 5.75 Å². The fourth-order valence-corrected chi connectivity index (χ4v) is 1.95. The van der Waals surface area contributed by atoms with Gasteiger partial charge in [0, 0.05) is 0 Å². The van der Waals surface area contributed by atoms with Crippen LogP contribution in [-0.2, 0) is 4.79 Å². The van der Waals surface area contributed by atoms with Crippen molar-refractivity contribution in [3.63, 3.8) is 0 Å². The van der Waals surface area contributed by atoms with Crippen molar-refractivity contribution in [3.05, 3.63) is 29.3 Å². The lowest BCUT2D eigenvalue weighted by Crippen LogP contribution is -2.33. The summed E-state index contributed by atoms with van der Waals surface area (Å²) in [6.07, 6.45) is 1.67. The van der Waals surface area contributed by atoms with Crippen molar-refractivity contribution in [1.29, 1.82) is 0 Å². The van der Waals surface area contributed by atoms with Gasteiger partial charge in [-0.05, 0) is 38.1 Å². The fraction of sp³-hybridized carbons (Fsp3) is 0.417. The summed E-state index contributed by atoms with van der Waals surface area (Å²) in [6.45, 7) is 1.75. The number of benzene rings is 1. The quantitative estimate of drug-likeness (QED) is 0.636. The third-order valence-corrected chi connectivity index (χ3v) is 3.03. The zero-order valence-electron chi connectivity index (χ0n) is 8.91. The van der Waals surface area contributed by atoms with Crippen LogP contribution in [-0.4, -0.2) is 19.1 Å². The molecule has 1 aromatic rings. The number of carbonyl (C=O) groups is 1. The maximum absolute atomic E-state index is 11.8. The zero-order chi connectivity index (χ0) is 11.4. The Balaban J connectivity index is 1.99. The Hall–Kier alpha value is -1.06. The number of nitrogens with one attached hydrogen (secondary N) is 1. The molecule has 4 heteroatoms. The summed E-state index contributed by atoms with van der Waals surface area (Å²) in [5.74, 6) is 0.278. The molecule has 16 heavy (non-hydrogen) atoms. The predicted octanol–water partition coefficient (Wildman–Crippen LogP) is 2.25. The molecule has 0 bridgehead atoms. The number of hydrogen-bond donors (Lipinski definition) is 1. The van der Waals surface area contributed by atoms with Crippen LogP contribution in [0.5, 0.6) is 5.75 Å². The first-order valence-corrected chi connectivity index (χ1v) is 5.82. The maximum atomic E-state index is 11.8. The Kier molecular flexibility index (Phi) is 3.80. The summed E-state index contributed by atoms with van der Waals surface area (Å²) < 4.78 is 5.29. The molecule has 0 saturated carbocycles. The van der Waals surface area contributed by atoms with E-state index < -0.39 is 0 Å². The summed E-state index contributed by atoms with van der Waals surface area (Å²) in [5, 5.41) is 3.69. The summed E-state index contributed by atoms with van der Waals surface area (Å²) in [5.41, 5.74) is 0. The van der Waals surface area contributed by atoms with E-state index in [1.54, 1.807) is 18.2 Å². The van der Waals surface area contributed by atoms with Crippen LogP contribution in [0.2, 0.25) is 5.02 Å². The minimum Gasteiger partial charge on any atom is -0.425 e. The number of piperidine rings is 1. The van der Waals surface area contributed by atoms with E-state index in [-0.39, 0.29) is 11.9 Å². The summed E-state index contributed by atoms with van der Waals surface area (Å²) in [7, 11) is 0. The lowest BCUT2D eigenvalue weighted by Gasteiger charge is -2.20.